The Morgan fingerprint density at radius 1 is 1.38 bits per heavy atom. The molecule has 0 radical (unpaired) electrons. The molecule has 1 aromatic carbocycles. The van der Waals surface area contributed by atoms with Gasteiger partial charge in [-0.2, -0.15) is 0 Å². The molecule has 0 saturated carbocycles. The number of benzene rings is 1. The van der Waals surface area contributed by atoms with Gasteiger partial charge in [-0.25, -0.2) is 0 Å². The largest absolute Gasteiger partial charge is 0.494 e. The lowest BCUT2D eigenvalue weighted by atomic mass is 10.1. The smallest absolute Gasteiger partial charge is 0.188 e. The first-order valence-electron chi connectivity index (χ1n) is 8.83. The van der Waals surface area contributed by atoms with Crippen LogP contribution in [-0.4, -0.2) is 63.4 Å². The molecule has 1 heterocycles. The molecule has 1 aliphatic rings. The molecule has 0 atom stereocenters. The van der Waals surface area contributed by atoms with E-state index in [9.17, 15) is 0 Å². The molecule has 0 amide bonds. The maximum atomic E-state index is 5.92. The molecule has 0 bridgehead atoms. The van der Waals surface area contributed by atoms with Crippen LogP contribution in [0.15, 0.2) is 29.3 Å². The number of aliphatic imine (C=N–C) groups is 1. The summed E-state index contributed by atoms with van der Waals surface area (Å²) in [5.41, 5.74) is 7.15. The number of nitrogens with zero attached hydrogens (tertiary/aromatic N) is 2. The van der Waals surface area contributed by atoms with E-state index >= 15 is 0 Å². The first-order valence-corrected chi connectivity index (χ1v) is 8.83. The highest BCUT2D eigenvalue weighted by molar-refractivity contribution is 5.77. The van der Waals surface area contributed by atoms with E-state index < -0.39 is 0 Å². The van der Waals surface area contributed by atoms with Gasteiger partial charge in [0.1, 0.15) is 5.75 Å². The topological polar surface area (TPSA) is 72.1 Å². The van der Waals surface area contributed by atoms with Crippen molar-refractivity contribution in [2.24, 2.45) is 10.7 Å². The van der Waals surface area contributed by atoms with Gasteiger partial charge in [-0.1, -0.05) is 12.1 Å². The third-order valence-corrected chi connectivity index (χ3v) is 3.95. The number of ether oxygens (including phenoxy) is 2. The van der Waals surface area contributed by atoms with Crippen molar-refractivity contribution < 1.29 is 9.47 Å². The molecule has 1 fully saturated rings. The Morgan fingerprint density at radius 2 is 2.21 bits per heavy atom. The first-order chi connectivity index (χ1) is 11.8. The van der Waals surface area contributed by atoms with Crippen LogP contribution in [0.25, 0.3) is 0 Å². The van der Waals surface area contributed by atoms with Crippen molar-refractivity contribution in [3.8, 4) is 5.75 Å². The van der Waals surface area contributed by atoms with Crippen molar-refractivity contribution in [2.75, 3.05) is 52.5 Å². The summed E-state index contributed by atoms with van der Waals surface area (Å²) in [7, 11) is 0. The van der Waals surface area contributed by atoms with E-state index in [-0.39, 0.29) is 0 Å². The number of nitrogens with one attached hydrogen (secondary N) is 1. The van der Waals surface area contributed by atoms with Crippen molar-refractivity contribution in [3.63, 3.8) is 0 Å². The standard InChI is InChI=1S/C18H30N4O2/c1-2-24-17-6-3-5-16(15-17)7-9-21-18(19)20-8-4-10-22-11-13-23-14-12-22/h3,5-6,15H,2,4,7-14H2,1H3,(H3,19,20,21). The molecule has 6 nitrogen and oxygen atoms in total. The maximum absolute atomic E-state index is 5.92. The summed E-state index contributed by atoms with van der Waals surface area (Å²) in [6.45, 7) is 9.01. The summed E-state index contributed by atoms with van der Waals surface area (Å²) >= 11 is 0. The van der Waals surface area contributed by atoms with Gasteiger partial charge >= 0.3 is 0 Å². The predicted octanol–water partition coefficient (Wildman–Crippen LogP) is 1.25. The van der Waals surface area contributed by atoms with Crippen molar-refractivity contribution >= 4 is 5.96 Å². The second-order valence-corrected chi connectivity index (χ2v) is 5.83. The van der Waals surface area contributed by atoms with Crippen molar-refractivity contribution in [1.82, 2.24) is 10.2 Å². The number of nitrogens with two attached hydrogens (primary N) is 1. The van der Waals surface area contributed by atoms with E-state index in [0.29, 0.717) is 12.6 Å². The number of guanidine groups is 1. The summed E-state index contributed by atoms with van der Waals surface area (Å²) in [5.74, 6) is 1.44. The Labute approximate surface area is 145 Å². The molecule has 1 aromatic rings. The van der Waals surface area contributed by atoms with Crippen LogP contribution in [0.5, 0.6) is 5.75 Å². The lowest BCUT2D eigenvalue weighted by Crippen LogP contribution is -2.37. The Balaban J connectivity index is 1.59. The summed E-state index contributed by atoms with van der Waals surface area (Å²) in [5, 5.41) is 3.17. The number of morpholine rings is 1. The van der Waals surface area contributed by atoms with Gasteiger partial charge in [0.2, 0.25) is 0 Å². The minimum atomic E-state index is 0.526. The third-order valence-electron chi connectivity index (χ3n) is 3.95. The number of rotatable bonds is 9. The van der Waals surface area contributed by atoms with E-state index in [0.717, 1.165) is 64.5 Å². The summed E-state index contributed by atoms with van der Waals surface area (Å²) < 4.78 is 10.8. The molecular weight excluding hydrogens is 304 g/mol. The Hall–Kier alpha value is -1.79. The fraction of sp³-hybridized carbons (Fsp3) is 0.611. The average molecular weight is 334 g/mol. The van der Waals surface area contributed by atoms with Gasteiger partial charge < -0.3 is 20.5 Å². The zero-order valence-corrected chi connectivity index (χ0v) is 14.7. The van der Waals surface area contributed by atoms with E-state index in [1.54, 1.807) is 0 Å². The summed E-state index contributed by atoms with van der Waals surface area (Å²) in [4.78, 5) is 6.80. The van der Waals surface area contributed by atoms with Gasteiger partial charge in [0.25, 0.3) is 0 Å². The molecule has 1 aliphatic heterocycles. The van der Waals surface area contributed by atoms with Crippen LogP contribution >= 0.6 is 0 Å². The fourth-order valence-electron chi connectivity index (χ4n) is 2.67. The van der Waals surface area contributed by atoms with Crippen LogP contribution in [0.1, 0.15) is 18.9 Å². The highest BCUT2D eigenvalue weighted by Gasteiger charge is 2.08. The molecule has 0 aromatic heterocycles. The third kappa shape index (κ3) is 7.19. The molecule has 2 rings (SSSR count). The molecule has 3 N–H and O–H groups in total. The SMILES string of the molecule is CCOc1cccc(CCNC(N)=NCCCN2CCOCC2)c1. The highest BCUT2D eigenvalue weighted by Crippen LogP contribution is 2.13. The summed E-state index contributed by atoms with van der Waals surface area (Å²) in [6, 6.07) is 8.16. The Bertz CT molecular complexity index is 502. The van der Waals surface area contributed by atoms with Crippen LogP contribution in [0.2, 0.25) is 0 Å². The average Bonchev–Trinajstić information content (AvgIpc) is 2.60. The fourth-order valence-corrected chi connectivity index (χ4v) is 2.67. The monoisotopic (exact) mass is 334 g/mol. The molecule has 0 unspecified atom stereocenters. The molecule has 24 heavy (non-hydrogen) atoms. The van der Waals surface area contributed by atoms with E-state index in [2.05, 4.69) is 27.3 Å². The molecule has 0 spiro atoms. The zero-order chi connectivity index (χ0) is 17.0. The lowest BCUT2D eigenvalue weighted by Gasteiger charge is -2.26. The van der Waals surface area contributed by atoms with E-state index in [4.69, 9.17) is 15.2 Å². The van der Waals surface area contributed by atoms with Gasteiger partial charge in [-0.15, -0.1) is 0 Å². The molecular formula is C18H30N4O2. The Morgan fingerprint density at radius 3 is 3.00 bits per heavy atom. The quantitative estimate of drug-likeness (QED) is 0.404. The minimum Gasteiger partial charge on any atom is -0.494 e. The molecule has 1 saturated heterocycles. The van der Waals surface area contributed by atoms with E-state index in [1.165, 1.54) is 5.56 Å². The van der Waals surface area contributed by atoms with Crippen molar-refractivity contribution in [2.45, 2.75) is 19.8 Å². The first kappa shape index (κ1) is 18.5. The second-order valence-electron chi connectivity index (χ2n) is 5.83. The van der Waals surface area contributed by atoms with E-state index in [1.807, 2.05) is 19.1 Å². The van der Waals surface area contributed by atoms with Crippen molar-refractivity contribution in [3.05, 3.63) is 29.8 Å². The van der Waals surface area contributed by atoms with Crippen molar-refractivity contribution in [1.29, 1.82) is 0 Å². The van der Waals surface area contributed by atoms with Crippen LogP contribution < -0.4 is 15.8 Å². The molecule has 0 aliphatic carbocycles. The van der Waals surface area contributed by atoms with Crippen LogP contribution in [0.3, 0.4) is 0 Å². The number of hydrogen-bond donors (Lipinski definition) is 2. The van der Waals surface area contributed by atoms with Gasteiger partial charge in [-0.05, 0) is 37.5 Å². The minimum absolute atomic E-state index is 0.526. The zero-order valence-electron chi connectivity index (χ0n) is 14.7. The second kappa shape index (κ2) is 10.9. The molecule has 6 heteroatoms. The number of hydrogen-bond acceptors (Lipinski definition) is 4. The van der Waals surface area contributed by atoms with Gasteiger partial charge in [0.15, 0.2) is 5.96 Å². The van der Waals surface area contributed by atoms with Crippen LogP contribution in [-0.2, 0) is 11.2 Å². The highest BCUT2D eigenvalue weighted by atomic mass is 16.5. The normalized spacial score (nSPS) is 16.1. The van der Waals surface area contributed by atoms with Gasteiger partial charge in [0.05, 0.1) is 19.8 Å². The van der Waals surface area contributed by atoms with Crippen LogP contribution in [0.4, 0.5) is 0 Å². The molecule has 134 valence electrons. The summed E-state index contributed by atoms with van der Waals surface area (Å²) in [6.07, 6.45) is 1.92. The Kier molecular flexibility index (Phi) is 8.41. The van der Waals surface area contributed by atoms with Crippen LogP contribution in [0, 0.1) is 0 Å². The van der Waals surface area contributed by atoms with Gasteiger partial charge in [0, 0.05) is 32.7 Å². The predicted molar refractivity (Wildman–Crippen MR) is 97.7 cm³/mol. The van der Waals surface area contributed by atoms with Gasteiger partial charge in [-0.3, -0.25) is 9.89 Å². The maximum Gasteiger partial charge on any atom is 0.188 e. The lowest BCUT2D eigenvalue weighted by molar-refractivity contribution is 0.0377.